The minimum Gasteiger partial charge on any atom is -0.465 e. The van der Waals surface area contributed by atoms with E-state index in [0.29, 0.717) is 12.6 Å². The largest absolute Gasteiger partial charge is 0.465 e. The summed E-state index contributed by atoms with van der Waals surface area (Å²) >= 11 is 0. The van der Waals surface area contributed by atoms with Gasteiger partial charge in [0, 0.05) is 6.04 Å². The van der Waals surface area contributed by atoms with Crippen LogP contribution in [0.4, 0.5) is 0 Å². The molecule has 2 atom stereocenters. The van der Waals surface area contributed by atoms with Gasteiger partial charge in [-0.2, -0.15) is 0 Å². The maximum Gasteiger partial charge on any atom is 0.323 e. The summed E-state index contributed by atoms with van der Waals surface area (Å²) in [5.74, 6) is -0.129. The minimum atomic E-state index is -0.264. The van der Waals surface area contributed by atoms with Gasteiger partial charge in [-0.25, -0.2) is 0 Å². The smallest absolute Gasteiger partial charge is 0.323 e. The van der Waals surface area contributed by atoms with Gasteiger partial charge in [0.1, 0.15) is 6.04 Å². The normalized spacial score (nSPS) is 25.5. The first-order valence-electron chi connectivity index (χ1n) is 8.36. The van der Waals surface area contributed by atoms with Crippen molar-refractivity contribution in [2.24, 2.45) is 0 Å². The SMILES string of the molecule is CCOC(=O)C1CCCCN1C(C)C(=O)NC1CCCC1. The highest BCUT2D eigenvalue weighted by Gasteiger charge is 2.36. The molecule has 21 heavy (non-hydrogen) atoms. The summed E-state index contributed by atoms with van der Waals surface area (Å²) in [6.07, 6.45) is 7.43. The van der Waals surface area contributed by atoms with Crippen LogP contribution >= 0.6 is 0 Å². The number of rotatable bonds is 5. The molecule has 1 amide bonds. The van der Waals surface area contributed by atoms with E-state index in [2.05, 4.69) is 5.32 Å². The van der Waals surface area contributed by atoms with E-state index < -0.39 is 0 Å². The molecule has 0 aromatic heterocycles. The molecule has 2 aliphatic rings. The van der Waals surface area contributed by atoms with Crippen LogP contribution in [0.15, 0.2) is 0 Å². The number of carbonyl (C=O) groups excluding carboxylic acids is 2. The van der Waals surface area contributed by atoms with Crippen molar-refractivity contribution in [3.05, 3.63) is 0 Å². The lowest BCUT2D eigenvalue weighted by Crippen LogP contribution is -2.55. The van der Waals surface area contributed by atoms with E-state index in [0.717, 1.165) is 38.6 Å². The van der Waals surface area contributed by atoms with Gasteiger partial charge in [0.2, 0.25) is 5.91 Å². The fourth-order valence-corrected chi connectivity index (χ4v) is 3.45. The standard InChI is InChI=1S/C16H28N2O3/c1-3-21-16(20)14-10-6-7-11-18(14)12(2)15(19)17-13-8-4-5-9-13/h12-14H,3-11H2,1-2H3,(H,17,19). The first kappa shape index (κ1) is 16.3. The van der Waals surface area contributed by atoms with Crippen LogP contribution < -0.4 is 5.32 Å². The molecule has 5 heteroatoms. The number of carbonyl (C=O) groups is 2. The second-order valence-electron chi connectivity index (χ2n) is 6.17. The van der Waals surface area contributed by atoms with Gasteiger partial charge in [0.15, 0.2) is 0 Å². The third-order valence-electron chi connectivity index (χ3n) is 4.68. The molecule has 0 bridgehead atoms. The topological polar surface area (TPSA) is 58.6 Å². The number of piperidine rings is 1. The molecule has 0 aromatic rings. The number of nitrogens with one attached hydrogen (secondary N) is 1. The Balaban J connectivity index is 1.94. The molecule has 1 saturated carbocycles. The molecule has 1 saturated heterocycles. The molecule has 0 spiro atoms. The summed E-state index contributed by atoms with van der Waals surface area (Å²) in [4.78, 5) is 26.5. The van der Waals surface area contributed by atoms with Gasteiger partial charge in [-0.3, -0.25) is 14.5 Å². The Morgan fingerprint density at radius 1 is 1.19 bits per heavy atom. The molecule has 1 heterocycles. The number of amides is 1. The van der Waals surface area contributed by atoms with Crippen molar-refractivity contribution in [2.45, 2.75) is 76.9 Å². The summed E-state index contributed by atoms with van der Waals surface area (Å²) in [6, 6.07) is -0.200. The van der Waals surface area contributed by atoms with Crippen LogP contribution in [0.25, 0.3) is 0 Å². The fourth-order valence-electron chi connectivity index (χ4n) is 3.45. The van der Waals surface area contributed by atoms with Gasteiger partial charge in [0.25, 0.3) is 0 Å². The fraction of sp³-hybridized carbons (Fsp3) is 0.875. The van der Waals surface area contributed by atoms with Gasteiger partial charge in [-0.15, -0.1) is 0 Å². The predicted octanol–water partition coefficient (Wildman–Crippen LogP) is 1.85. The van der Waals surface area contributed by atoms with Crippen molar-refractivity contribution in [3.8, 4) is 0 Å². The Morgan fingerprint density at radius 2 is 1.86 bits per heavy atom. The molecule has 2 rings (SSSR count). The van der Waals surface area contributed by atoms with Gasteiger partial charge in [-0.1, -0.05) is 19.3 Å². The van der Waals surface area contributed by atoms with E-state index in [9.17, 15) is 9.59 Å². The molecule has 5 nitrogen and oxygen atoms in total. The van der Waals surface area contributed by atoms with Crippen LogP contribution in [0.3, 0.4) is 0 Å². The lowest BCUT2D eigenvalue weighted by molar-refractivity contribution is -0.153. The highest BCUT2D eigenvalue weighted by molar-refractivity contribution is 5.83. The molecule has 2 unspecified atom stereocenters. The van der Waals surface area contributed by atoms with Crippen molar-refractivity contribution in [1.82, 2.24) is 10.2 Å². The quantitative estimate of drug-likeness (QED) is 0.787. The maximum atomic E-state index is 12.4. The molecule has 120 valence electrons. The van der Waals surface area contributed by atoms with Gasteiger partial charge < -0.3 is 10.1 Å². The van der Waals surface area contributed by atoms with Crippen LogP contribution in [0.2, 0.25) is 0 Å². The van der Waals surface area contributed by atoms with Crippen LogP contribution in [-0.4, -0.2) is 48.1 Å². The van der Waals surface area contributed by atoms with Gasteiger partial charge in [-0.05, 0) is 46.1 Å². The highest BCUT2D eigenvalue weighted by atomic mass is 16.5. The molecule has 0 aromatic carbocycles. The molecule has 1 N–H and O–H groups in total. The Kier molecular flexibility index (Phi) is 6.03. The van der Waals surface area contributed by atoms with Gasteiger partial charge >= 0.3 is 5.97 Å². The number of hydrogen-bond donors (Lipinski definition) is 1. The zero-order valence-electron chi connectivity index (χ0n) is 13.3. The maximum absolute atomic E-state index is 12.4. The van der Waals surface area contributed by atoms with Crippen molar-refractivity contribution in [1.29, 1.82) is 0 Å². The van der Waals surface area contributed by atoms with Crippen LogP contribution in [0.5, 0.6) is 0 Å². The molecular formula is C16H28N2O3. The number of esters is 1. The van der Waals surface area contributed by atoms with E-state index in [1.54, 1.807) is 0 Å². The second-order valence-corrected chi connectivity index (χ2v) is 6.17. The average molecular weight is 296 g/mol. The van der Waals surface area contributed by atoms with E-state index >= 15 is 0 Å². The van der Waals surface area contributed by atoms with Crippen LogP contribution in [0, 0.1) is 0 Å². The monoisotopic (exact) mass is 296 g/mol. The molecule has 1 aliphatic heterocycles. The van der Waals surface area contributed by atoms with Crippen LogP contribution in [0.1, 0.15) is 58.8 Å². The third-order valence-corrected chi connectivity index (χ3v) is 4.68. The van der Waals surface area contributed by atoms with Crippen molar-refractivity contribution < 1.29 is 14.3 Å². The van der Waals surface area contributed by atoms with E-state index in [1.807, 2.05) is 18.7 Å². The van der Waals surface area contributed by atoms with Crippen molar-refractivity contribution >= 4 is 11.9 Å². The summed E-state index contributed by atoms with van der Waals surface area (Å²) in [5.41, 5.74) is 0. The van der Waals surface area contributed by atoms with E-state index in [-0.39, 0.29) is 24.0 Å². The second kappa shape index (κ2) is 7.78. The van der Waals surface area contributed by atoms with Gasteiger partial charge in [0.05, 0.1) is 12.6 Å². The summed E-state index contributed by atoms with van der Waals surface area (Å²) < 4.78 is 5.16. The summed E-state index contributed by atoms with van der Waals surface area (Å²) in [7, 11) is 0. The molecule has 2 fully saturated rings. The predicted molar refractivity (Wildman–Crippen MR) is 80.8 cm³/mol. The Bertz CT molecular complexity index is 367. The zero-order chi connectivity index (χ0) is 15.2. The first-order valence-corrected chi connectivity index (χ1v) is 8.36. The number of hydrogen-bond acceptors (Lipinski definition) is 4. The lowest BCUT2D eigenvalue weighted by atomic mass is 9.99. The molecule has 1 aliphatic carbocycles. The number of nitrogens with zero attached hydrogens (tertiary/aromatic N) is 1. The summed E-state index contributed by atoms with van der Waals surface area (Å²) in [6.45, 7) is 4.91. The van der Waals surface area contributed by atoms with Crippen molar-refractivity contribution in [2.75, 3.05) is 13.2 Å². The van der Waals surface area contributed by atoms with Crippen molar-refractivity contribution in [3.63, 3.8) is 0 Å². The highest BCUT2D eigenvalue weighted by Crippen LogP contribution is 2.22. The zero-order valence-corrected chi connectivity index (χ0v) is 13.3. The summed E-state index contributed by atoms with van der Waals surface area (Å²) in [5, 5.41) is 3.13. The minimum absolute atomic E-state index is 0.0538. The first-order chi connectivity index (χ1) is 10.1. The Labute approximate surface area is 127 Å². The number of ether oxygens (including phenoxy) is 1. The average Bonchev–Trinajstić information content (AvgIpc) is 2.99. The Hall–Kier alpha value is -1.10. The Morgan fingerprint density at radius 3 is 2.52 bits per heavy atom. The molecule has 0 radical (unpaired) electrons. The number of likely N-dealkylation sites (tertiary alicyclic amines) is 1. The van der Waals surface area contributed by atoms with Crippen LogP contribution in [-0.2, 0) is 14.3 Å². The van der Waals surface area contributed by atoms with E-state index in [1.165, 1.54) is 12.8 Å². The lowest BCUT2D eigenvalue weighted by Gasteiger charge is -2.37. The van der Waals surface area contributed by atoms with E-state index in [4.69, 9.17) is 4.74 Å². The third kappa shape index (κ3) is 4.19. The molecular weight excluding hydrogens is 268 g/mol.